The molecule has 40 heavy (non-hydrogen) atoms. The van der Waals surface area contributed by atoms with Crippen LogP contribution in [0, 0.1) is 5.82 Å². The summed E-state index contributed by atoms with van der Waals surface area (Å²) >= 11 is 12.3. The number of carbonyl (C=O) groups is 3. The Balaban J connectivity index is 1.51. The van der Waals surface area contributed by atoms with Gasteiger partial charge in [-0.15, -0.1) is 0 Å². The van der Waals surface area contributed by atoms with E-state index in [0.29, 0.717) is 55.4 Å². The molecule has 216 valence electrons. The molecule has 3 atom stereocenters. The van der Waals surface area contributed by atoms with Gasteiger partial charge in [-0.2, -0.15) is 0 Å². The van der Waals surface area contributed by atoms with Crippen molar-refractivity contribution >= 4 is 40.9 Å². The second kappa shape index (κ2) is 12.9. The van der Waals surface area contributed by atoms with E-state index in [2.05, 4.69) is 15.5 Å². The van der Waals surface area contributed by atoms with Crippen molar-refractivity contribution in [2.75, 3.05) is 26.7 Å². The van der Waals surface area contributed by atoms with E-state index in [0.717, 1.165) is 11.1 Å². The molecule has 2 aromatic rings. The summed E-state index contributed by atoms with van der Waals surface area (Å²) in [4.78, 5) is 43.6. The van der Waals surface area contributed by atoms with Crippen LogP contribution in [0.3, 0.4) is 0 Å². The lowest BCUT2D eigenvalue weighted by atomic mass is 9.98. The topological polar surface area (TPSA) is 108 Å². The number of hydrogen-bond acceptors (Lipinski definition) is 5. The number of rotatable bonds is 10. The Morgan fingerprint density at radius 2 is 1.73 bits per heavy atom. The molecule has 2 fully saturated rings. The van der Waals surface area contributed by atoms with Crippen LogP contribution in [0.25, 0.3) is 0 Å². The van der Waals surface area contributed by atoms with Crippen LogP contribution < -0.4 is 16.4 Å². The fraction of sp³-hybridized carbons (Fsp3) is 0.483. The minimum Gasteiger partial charge on any atom is -0.358 e. The first-order chi connectivity index (χ1) is 19.0. The molecule has 0 bridgehead atoms. The van der Waals surface area contributed by atoms with Gasteiger partial charge in [0.2, 0.25) is 17.7 Å². The number of halogens is 3. The van der Waals surface area contributed by atoms with Crippen molar-refractivity contribution in [2.45, 2.75) is 62.7 Å². The summed E-state index contributed by atoms with van der Waals surface area (Å²) in [6, 6.07) is 9.76. The number of amides is 3. The number of carbonyl (C=O) groups excluding carboxylic acids is 3. The van der Waals surface area contributed by atoms with E-state index >= 15 is 0 Å². The van der Waals surface area contributed by atoms with E-state index in [1.54, 1.807) is 36.2 Å². The fourth-order valence-electron chi connectivity index (χ4n) is 5.17. The first-order valence-corrected chi connectivity index (χ1v) is 14.3. The van der Waals surface area contributed by atoms with Crippen LogP contribution in [0.4, 0.5) is 4.39 Å². The summed E-state index contributed by atoms with van der Waals surface area (Å²) < 4.78 is 13.5. The Bertz CT molecular complexity index is 1240. The maximum Gasteiger partial charge on any atom is 0.245 e. The minimum absolute atomic E-state index is 0.125. The molecule has 1 aliphatic heterocycles. The highest BCUT2D eigenvalue weighted by atomic mass is 35.5. The lowest BCUT2D eigenvalue weighted by molar-refractivity contribution is -0.142. The van der Waals surface area contributed by atoms with E-state index in [1.165, 1.54) is 12.1 Å². The number of likely N-dealkylation sites (N-methyl/N-ethyl adjacent to an activating group) is 1. The maximum atomic E-state index is 13.9. The normalized spacial score (nSPS) is 19.9. The molecule has 0 aromatic heterocycles. The van der Waals surface area contributed by atoms with Crippen molar-refractivity contribution in [3.05, 3.63) is 69.5 Å². The van der Waals surface area contributed by atoms with Gasteiger partial charge in [-0.05, 0) is 61.1 Å². The average Bonchev–Trinajstić information content (AvgIpc) is 3.71. The highest BCUT2D eigenvalue weighted by Crippen LogP contribution is 2.32. The third-order valence-electron chi connectivity index (χ3n) is 7.87. The molecule has 4 rings (SSSR count). The Morgan fingerprint density at radius 1 is 1.05 bits per heavy atom. The lowest BCUT2D eigenvalue weighted by Gasteiger charge is -2.45. The van der Waals surface area contributed by atoms with Crippen LogP contribution in [0.15, 0.2) is 42.5 Å². The quantitative estimate of drug-likeness (QED) is 0.394. The van der Waals surface area contributed by atoms with Gasteiger partial charge in [0, 0.05) is 39.1 Å². The molecule has 1 saturated carbocycles. The summed E-state index contributed by atoms with van der Waals surface area (Å²) in [5, 5.41) is 6.51. The fourth-order valence-corrected chi connectivity index (χ4v) is 5.49. The Kier molecular flexibility index (Phi) is 9.72. The molecular formula is C29H36Cl2FN5O3. The van der Waals surface area contributed by atoms with Crippen molar-refractivity contribution in [3.8, 4) is 0 Å². The van der Waals surface area contributed by atoms with Crippen LogP contribution in [0.1, 0.15) is 37.3 Å². The predicted molar refractivity (Wildman–Crippen MR) is 154 cm³/mol. The zero-order valence-corrected chi connectivity index (χ0v) is 24.3. The SMILES string of the molecule is CCC1CN(C(Cc2ccc(Cl)c(Cl)c2)C(=O)NC)CCN1C(=O)C(Cc1ccc(F)cc1)NC(=O)C1(N)CC1. The summed E-state index contributed by atoms with van der Waals surface area (Å²) in [6.45, 7) is 3.34. The summed E-state index contributed by atoms with van der Waals surface area (Å²) in [5.41, 5.74) is 6.79. The number of nitrogens with one attached hydrogen (secondary N) is 2. The van der Waals surface area contributed by atoms with Crippen molar-refractivity contribution < 1.29 is 18.8 Å². The molecule has 0 radical (unpaired) electrons. The highest BCUT2D eigenvalue weighted by molar-refractivity contribution is 6.42. The van der Waals surface area contributed by atoms with Gasteiger partial charge in [-0.3, -0.25) is 19.3 Å². The van der Waals surface area contributed by atoms with Crippen molar-refractivity contribution in [2.24, 2.45) is 5.73 Å². The molecule has 8 nitrogen and oxygen atoms in total. The average molecular weight is 593 g/mol. The summed E-state index contributed by atoms with van der Waals surface area (Å²) in [7, 11) is 1.61. The molecule has 2 aromatic carbocycles. The van der Waals surface area contributed by atoms with Gasteiger partial charge in [0.15, 0.2) is 0 Å². The summed E-state index contributed by atoms with van der Waals surface area (Å²) in [5.74, 6) is -1.06. The zero-order valence-electron chi connectivity index (χ0n) is 22.8. The number of benzene rings is 2. The molecule has 3 amide bonds. The first-order valence-electron chi connectivity index (χ1n) is 13.6. The van der Waals surface area contributed by atoms with Gasteiger partial charge >= 0.3 is 0 Å². The molecule has 1 saturated heterocycles. The molecular weight excluding hydrogens is 556 g/mol. The van der Waals surface area contributed by atoms with Crippen LogP contribution in [0.2, 0.25) is 10.0 Å². The highest BCUT2D eigenvalue weighted by Gasteiger charge is 2.47. The van der Waals surface area contributed by atoms with Crippen LogP contribution in [-0.4, -0.2) is 77.9 Å². The maximum absolute atomic E-state index is 13.9. The van der Waals surface area contributed by atoms with E-state index in [9.17, 15) is 18.8 Å². The summed E-state index contributed by atoms with van der Waals surface area (Å²) in [6.07, 6.45) is 2.46. The molecule has 2 aliphatic rings. The second-order valence-electron chi connectivity index (χ2n) is 10.7. The monoisotopic (exact) mass is 591 g/mol. The largest absolute Gasteiger partial charge is 0.358 e. The van der Waals surface area contributed by atoms with E-state index < -0.39 is 17.6 Å². The zero-order chi connectivity index (χ0) is 29.0. The van der Waals surface area contributed by atoms with Crippen molar-refractivity contribution in [3.63, 3.8) is 0 Å². The van der Waals surface area contributed by atoms with E-state index in [-0.39, 0.29) is 36.0 Å². The Hall–Kier alpha value is -2.72. The van der Waals surface area contributed by atoms with Gasteiger partial charge in [-0.25, -0.2) is 4.39 Å². The van der Waals surface area contributed by atoms with Crippen LogP contribution >= 0.6 is 23.2 Å². The third-order valence-corrected chi connectivity index (χ3v) is 8.61. The van der Waals surface area contributed by atoms with Gasteiger partial charge in [0.05, 0.1) is 21.6 Å². The Morgan fingerprint density at radius 3 is 2.33 bits per heavy atom. The van der Waals surface area contributed by atoms with E-state index in [4.69, 9.17) is 28.9 Å². The smallest absolute Gasteiger partial charge is 0.245 e. The van der Waals surface area contributed by atoms with Gasteiger partial charge in [0.25, 0.3) is 0 Å². The number of nitrogens with zero attached hydrogens (tertiary/aromatic N) is 2. The van der Waals surface area contributed by atoms with Gasteiger partial charge < -0.3 is 21.3 Å². The standard InChI is InChI=1S/C29H36Cl2FN5O3/c1-3-21-17-36(25(26(38)34-2)16-19-6-9-22(30)23(31)14-19)12-13-37(21)27(39)24(35-28(40)29(33)10-11-29)15-18-4-7-20(32)8-5-18/h4-9,14,21,24-25H,3,10-13,15-17,33H2,1-2H3,(H,34,38)(H,35,40). The molecule has 11 heteroatoms. The minimum atomic E-state index is -0.935. The number of piperazine rings is 1. The lowest BCUT2D eigenvalue weighted by Crippen LogP contribution is -2.63. The van der Waals surface area contributed by atoms with Gasteiger partial charge in [-0.1, -0.05) is 48.3 Å². The number of hydrogen-bond donors (Lipinski definition) is 3. The number of nitrogens with two attached hydrogens (primary N) is 1. The molecule has 0 spiro atoms. The molecule has 4 N–H and O–H groups in total. The third kappa shape index (κ3) is 7.13. The van der Waals surface area contributed by atoms with Crippen LogP contribution in [0.5, 0.6) is 0 Å². The molecule has 3 unspecified atom stereocenters. The molecule has 1 aliphatic carbocycles. The van der Waals surface area contributed by atoms with Gasteiger partial charge in [0.1, 0.15) is 11.9 Å². The molecule has 1 heterocycles. The predicted octanol–water partition coefficient (Wildman–Crippen LogP) is 2.93. The van der Waals surface area contributed by atoms with E-state index in [1.807, 2.05) is 13.0 Å². The second-order valence-corrected chi connectivity index (χ2v) is 11.5. The van der Waals surface area contributed by atoms with Crippen LogP contribution in [-0.2, 0) is 27.2 Å². The van der Waals surface area contributed by atoms with Crippen molar-refractivity contribution in [1.82, 2.24) is 20.4 Å². The Labute approximate surface area is 244 Å². The first kappa shape index (κ1) is 30.2. The van der Waals surface area contributed by atoms with Crippen molar-refractivity contribution in [1.29, 1.82) is 0 Å².